The fraction of sp³-hybridized carbons (Fsp3) is 0. The van der Waals surface area contributed by atoms with E-state index in [1.165, 1.54) is 0 Å². The molecule has 21 heteroatoms. The first-order valence-electron chi connectivity index (χ1n) is 7.69. The summed E-state index contributed by atoms with van der Waals surface area (Å²) in [5, 5.41) is 46.0. The molecule has 2 N–H and O–H groups in total. The van der Waals surface area contributed by atoms with E-state index < -0.39 is 94.8 Å². The van der Waals surface area contributed by atoms with Crippen LogP contribution < -0.4 is 10.6 Å². The van der Waals surface area contributed by atoms with Crippen LogP contribution in [0.2, 0.25) is 0 Å². The number of nitro benzene ring substituents is 4. The number of carbonyl (C=O) groups is 1. The van der Waals surface area contributed by atoms with Crippen LogP contribution in [0.1, 0.15) is 0 Å². The van der Waals surface area contributed by atoms with Crippen LogP contribution in [-0.2, 0) is 0 Å². The van der Waals surface area contributed by atoms with Gasteiger partial charge in [0.25, 0.3) is 0 Å². The number of nitrogens with one attached hydrogen (secondary N) is 2. The van der Waals surface area contributed by atoms with Gasteiger partial charge in [0.15, 0.2) is 0 Å². The highest BCUT2D eigenvalue weighted by molar-refractivity contribution is 6.05. The summed E-state index contributed by atoms with van der Waals surface area (Å²) >= 11 is 0. The van der Waals surface area contributed by atoms with E-state index in [2.05, 4.69) is 0 Å². The molecular formula is C13H2F6N6O9. The standard InChI is InChI=1S/C13H2F6N6O9/c14-1-3(16)9(22(27)28)7(10(4(1)17)23(29)30)20-13(26)21-8-11(24(31)32)5(18)2(15)6(19)12(8)25(33)34/h(H2,20,21,26). The SMILES string of the molecule is O=C(Nc1c([N+](=O)[O-])c(F)c(F)c(F)c1[N+](=O)[O-])Nc1c([N+](=O)[O-])c(F)c(F)c(F)c1[N+](=O)[O-]. The maximum absolute atomic E-state index is 13.8. The van der Waals surface area contributed by atoms with Gasteiger partial charge in [-0.05, 0) is 0 Å². The number of amides is 2. The van der Waals surface area contributed by atoms with Crippen molar-refractivity contribution in [1.82, 2.24) is 0 Å². The first-order valence-corrected chi connectivity index (χ1v) is 7.69. The monoisotopic (exact) mass is 500 g/mol. The summed E-state index contributed by atoms with van der Waals surface area (Å²) in [6, 6.07) is -2.28. The smallest absolute Gasteiger partial charge is 0.296 e. The molecule has 0 aliphatic carbocycles. The molecule has 0 radical (unpaired) electrons. The predicted molar refractivity (Wildman–Crippen MR) is 91.9 cm³/mol. The molecule has 0 heterocycles. The summed E-state index contributed by atoms with van der Waals surface area (Å²) in [6.07, 6.45) is 0. The average molecular weight is 500 g/mol. The minimum Gasteiger partial charge on any atom is -0.296 e. The molecule has 0 aromatic heterocycles. The van der Waals surface area contributed by atoms with Crippen LogP contribution in [0.3, 0.4) is 0 Å². The van der Waals surface area contributed by atoms with E-state index in [-0.39, 0.29) is 0 Å². The molecule has 0 atom stereocenters. The van der Waals surface area contributed by atoms with E-state index in [0.717, 1.165) is 10.6 Å². The van der Waals surface area contributed by atoms with Gasteiger partial charge in [0.1, 0.15) is 0 Å². The van der Waals surface area contributed by atoms with E-state index in [1.807, 2.05) is 0 Å². The van der Waals surface area contributed by atoms with Crippen molar-refractivity contribution in [2.75, 3.05) is 10.6 Å². The summed E-state index contributed by atoms with van der Waals surface area (Å²) < 4.78 is 82.2. The van der Waals surface area contributed by atoms with Crippen LogP contribution in [0.25, 0.3) is 0 Å². The highest BCUT2D eigenvalue weighted by Gasteiger charge is 2.42. The Labute approximate surface area is 178 Å². The van der Waals surface area contributed by atoms with E-state index in [9.17, 15) is 71.6 Å². The van der Waals surface area contributed by atoms with Gasteiger partial charge < -0.3 is 0 Å². The van der Waals surface area contributed by atoms with Crippen LogP contribution in [0.15, 0.2) is 0 Å². The summed E-state index contributed by atoms with van der Waals surface area (Å²) in [5.41, 5.74) is -12.9. The molecule has 34 heavy (non-hydrogen) atoms. The number of rotatable bonds is 6. The number of hydrogen-bond donors (Lipinski definition) is 2. The Hall–Kier alpha value is -5.11. The molecule has 0 bridgehead atoms. The fourth-order valence-corrected chi connectivity index (χ4v) is 2.45. The Morgan fingerprint density at radius 3 is 0.882 bits per heavy atom. The third-order valence-corrected chi connectivity index (χ3v) is 3.76. The third-order valence-electron chi connectivity index (χ3n) is 3.76. The second-order valence-electron chi connectivity index (χ2n) is 5.64. The molecule has 0 unspecified atom stereocenters. The number of carbonyl (C=O) groups excluding carboxylic acids is 1. The Kier molecular flexibility index (Phi) is 6.51. The van der Waals surface area contributed by atoms with Gasteiger partial charge in [0.05, 0.1) is 19.7 Å². The van der Waals surface area contributed by atoms with Gasteiger partial charge in [-0.1, -0.05) is 0 Å². The summed E-state index contributed by atoms with van der Waals surface area (Å²) in [5.74, 6) is -16.0. The molecule has 0 aliphatic heterocycles. The highest BCUT2D eigenvalue weighted by atomic mass is 19.2. The van der Waals surface area contributed by atoms with Gasteiger partial charge in [-0.2, -0.15) is 26.3 Å². The summed E-state index contributed by atoms with van der Waals surface area (Å²) in [4.78, 5) is 48.7. The van der Waals surface area contributed by atoms with Crippen molar-refractivity contribution in [3.63, 3.8) is 0 Å². The maximum atomic E-state index is 13.8. The molecule has 0 aliphatic rings. The minimum atomic E-state index is -2.71. The molecule has 180 valence electrons. The zero-order valence-corrected chi connectivity index (χ0v) is 15.2. The van der Waals surface area contributed by atoms with Crippen molar-refractivity contribution >= 4 is 40.2 Å². The van der Waals surface area contributed by atoms with Crippen molar-refractivity contribution in [3.8, 4) is 0 Å². The number of nitro groups is 4. The quantitative estimate of drug-likeness (QED) is 0.255. The van der Waals surface area contributed by atoms with Gasteiger partial charge >= 0.3 is 28.8 Å². The number of hydrogen-bond acceptors (Lipinski definition) is 9. The number of urea groups is 1. The molecule has 0 saturated carbocycles. The van der Waals surface area contributed by atoms with E-state index in [0.29, 0.717) is 0 Å². The lowest BCUT2D eigenvalue weighted by Crippen LogP contribution is -2.24. The Morgan fingerprint density at radius 2 is 0.706 bits per heavy atom. The zero-order valence-electron chi connectivity index (χ0n) is 15.2. The zero-order chi connectivity index (χ0) is 26.2. The number of anilines is 2. The van der Waals surface area contributed by atoms with Crippen molar-refractivity contribution in [2.45, 2.75) is 0 Å². The van der Waals surface area contributed by atoms with E-state index in [1.54, 1.807) is 0 Å². The molecule has 0 saturated heterocycles. The minimum absolute atomic E-state index is 1.02. The van der Waals surface area contributed by atoms with Gasteiger partial charge in [-0.15, -0.1) is 0 Å². The Morgan fingerprint density at radius 1 is 0.500 bits per heavy atom. The lowest BCUT2D eigenvalue weighted by atomic mass is 10.2. The maximum Gasteiger partial charge on any atom is 0.338 e. The van der Waals surface area contributed by atoms with Gasteiger partial charge in [0, 0.05) is 0 Å². The van der Waals surface area contributed by atoms with E-state index >= 15 is 0 Å². The first-order chi connectivity index (χ1) is 15.6. The molecule has 2 rings (SSSR count). The second kappa shape index (κ2) is 8.79. The van der Waals surface area contributed by atoms with Crippen LogP contribution in [0, 0.1) is 75.4 Å². The van der Waals surface area contributed by atoms with Crippen LogP contribution in [-0.4, -0.2) is 25.7 Å². The lowest BCUT2D eigenvalue weighted by molar-refractivity contribution is -0.396. The van der Waals surface area contributed by atoms with Crippen molar-refractivity contribution in [3.05, 3.63) is 75.4 Å². The average Bonchev–Trinajstić information content (AvgIpc) is 2.69. The largest absolute Gasteiger partial charge is 0.338 e. The first kappa shape index (κ1) is 25.2. The molecule has 2 aromatic carbocycles. The summed E-state index contributed by atoms with van der Waals surface area (Å²) in [7, 11) is 0. The molecule has 2 aromatic rings. The molecule has 2 amide bonds. The van der Waals surface area contributed by atoms with Gasteiger partial charge in [-0.3, -0.25) is 51.1 Å². The van der Waals surface area contributed by atoms with Crippen molar-refractivity contribution in [2.24, 2.45) is 0 Å². The summed E-state index contributed by atoms with van der Waals surface area (Å²) in [6.45, 7) is 0. The van der Waals surface area contributed by atoms with Crippen LogP contribution in [0.5, 0.6) is 0 Å². The van der Waals surface area contributed by atoms with Crippen LogP contribution >= 0.6 is 0 Å². The van der Waals surface area contributed by atoms with Gasteiger partial charge in [-0.25, -0.2) is 4.79 Å². The lowest BCUT2D eigenvalue weighted by Gasteiger charge is -2.11. The Balaban J connectivity index is 2.76. The van der Waals surface area contributed by atoms with Gasteiger partial charge in [0.2, 0.25) is 46.3 Å². The molecule has 0 spiro atoms. The topological polar surface area (TPSA) is 214 Å². The fourth-order valence-electron chi connectivity index (χ4n) is 2.45. The third kappa shape index (κ3) is 4.03. The normalized spacial score (nSPS) is 10.5. The van der Waals surface area contributed by atoms with Crippen molar-refractivity contribution < 1.29 is 50.8 Å². The predicted octanol–water partition coefficient (Wildman–Crippen LogP) is 3.80. The second-order valence-corrected chi connectivity index (χ2v) is 5.64. The molecule has 0 fully saturated rings. The molecular weight excluding hydrogens is 498 g/mol. The molecule has 15 nitrogen and oxygen atoms in total. The van der Waals surface area contributed by atoms with E-state index in [4.69, 9.17) is 0 Å². The Bertz CT molecular complexity index is 1140. The van der Waals surface area contributed by atoms with Crippen molar-refractivity contribution in [1.29, 1.82) is 0 Å². The number of halogens is 6. The highest BCUT2D eigenvalue weighted by Crippen LogP contribution is 2.42. The number of benzene rings is 2. The number of nitrogens with zero attached hydrogens (tertiary/aromatic N) is 4. The van der Waals surface area contributed by atoms with Crippen LogP contribution in [0.4, 0.5) is 65.3 Å².